The number of carbonyl (C=O) groups excluding carboxylic acids is 1. The Balaban J connectivity index is 1.57. The third-order valence-corrected chi connectivity index (χ3v) is 4.88. The Hall–Kier alpha value is -0.610. The molecule has 0 aromatic rings. The summed E-state index contributed by atoms with van der Waals surface area (Å²) in [7, 11) is 0. The summed E-state index contributed by atoms with van der Waals surface area (Å²) in [5, 5.41) is 6.44. The summed E-state index contributed by atoms with van der Waals surface area (Å²) in [6.45, 7) is 9.90. The van der Waals surface area contributed by atoms with Gasteiger partial charge >= 0.3 is 0 Å². The Morgan fingerprint density at radius 3 is 2.70 bits per heavy atom. The van der Waals surface area contributed by atoms with Gasteiger partial charge in [-0.05, 0) is 70.1 Å². The molecule has 2 heterocycles. The summed E-state index contributed by atoms with van der Waals surface area (Å²) in [5.74, 6) is 1.56. The van der Waals surface area contributed by atoms with Gasteiger partial charge in [-0.3, -0.25) is 4.79 Å². The van der Waals surface area contributed by atoms with Crippen molar-refractivity contribution in [1.29, 1.82) is 0 Å². The minimum atomic E-state index is 0.0274. The number of piperidine rings is 2. The molecular weight excluding hydrogens is 250 g/mol. The molecule has 4 nitrogen and oxygen atoms in total. The summed E-state index contributed by atoms with van der Waals surface area (Å²) >= 11 is 0. The van der Waals surface area contributed by atoms with Crippen molar-refractivity contribution in [2.75, 3.05) is 32.7 Å². The standard InChI is InChI=1S/C16H31N3O/c1-13-6-11-19(12-7-13)10-4-9-18-16(20)15-14(2)5-3-8-17-15/h13-15,17H,3-12H2,1-2H3,(H,18,20). The number of hydrogen-bond acceptors (Lipinski definition) is 3. The highest BCUT2D eigenvalue weighted by Crippen LogP contribution is 2.16. The molecule has 0 bridgehead atoms. The van der Waals surface area contributed by atoms with Gasteiger partial charge in [0.2, 0.25) is 5.91 Å². The van der Waals surface area contributed by atoms with Crippen LogP contribution in [0.15, 0.2) is 0 Å². The van der Waals surface area contributed by atoms with Gasteiger partial charge in [0.1, 0.15) is 0 Å². The molecule has 4 heteroatoms. The second kappa shape index (κ2) is 7.99. The van der Waals surface area contributed by atoms with Gasteiger partial charge in [-0.2, -0.15) is 0 Å². The van der Waals surface area contributed by atoms with Gasteiger partial charge in [-0.1, -0.05) is 13.8 Å². The predicted molar refractivity (Wildman–Crippen MR) is 82.7 cm³/mol. The lowest BCUT2D eigenvalue weighted by Gasteiger charge is -2.30. The Bertz CT molecular complexity index is 300. The Kier molecular flexibility index (Phi) is 6.30. The Morgan fingerprint density at radius 1 is 1.25 bits per heavy atom. The van der Waals surface area contributed by atoms with E-state index in [1.54, 1.807) is 0 Å². The first-order valence-electron chi connectivity index (χ1n) is 8.40. The quantitative estimate of drug-likeness (QED) is 0.753. The van der Waals surface area contributed by atoms with Crippen LogP contribution < -0.4 is 10.6 Å². The molecule has 2 aliphatic rings. The minimum Gasteiger partial charge on any atom is -0.355 e. The molecular formula is C16H31N3O. The first-order chi connectivity index (χ1) is 9.66. The van der Waals surface area contributed by atoms with Gasteiger partial charge in [-0.15, -0.1) is 0 Å². The summed E-state index contributed by atoms with van der Waals surface area (Å²) in [6, 6.07) is 0.0274. The molecule has 116 valence electrons. The number of nitrogens with one attached hydrogen (secondary N) is 2. The van der Waals surface area contributed by atoms with Crippen molar-refractivity contribution in [1.82, 2.24) is 15.5 Å². The third-order valence-electron chi connectivity index (χ3n) is 4.88. The van der Waals surface area contributed by atoms with E-state index < -0.39 is 0 Å². The molecule has 2 fully saturated rings. The van der Waals surface area contributed by atoms with Crippen molar-refractivity contribution in [2.45, 2.75) is 52.0 Å². The second-order valence-electron chi connectivity index (χ2n) is 6.72. The van der Waals surface area contributed by atoms with Crippen LogP contribution in [0.3, 0.4) is 0 Å². The molecule has 0 spiro atoms. The number of carbonyl (C=O) groups is 1. The molecule has 2 unspecified atom stereocenters. The number of rotatable bonds is 5. The topological polar surface area (TPSA) is 44.4 Å². The van der Waals surface area contributed by atoms with Crippen LogP contribution in [0.1, 0.15) is 46.0 Å². The first kappa shape index (κ1) is 15.8. The number of hydrogen-bond donors (Lipinski definition) is 2. The molecule has 0 saturated carbocycles. The number of amides is 1. The number of likely N-dealkylation sites (tertiary alicyclic amines) is 1. The minimum absolute atomic E-state index is 0.0274. The molecule has 20 heavy (non-hydrogen) atoms. The zero-order valence-electron chi connectivity index (χ0n) is 13.2. The SMILES string of the molecule is CC1CCN(CCCNC(=O)C2NCCCC2C)CC1. The van der Waals surface area contributed by atoms with E-state index in [2.05, 4.69) is 29.4 Å². The van der Waals surface area contributed by atoms with E-state index >= 15 is 0 Å². The largest absolute Gasteiger partial charge is 0.355 e. The maximum absolute atomic E-state index is 12.1. The van der Waals surface area contributed by atoms with Crippen molar-refractivity contribution in [3.05, 3.63) is 0 Å². The van der Waals surface area contributed by atoms with E-state index in [0.717, 1.165) is 38.4 Å². The molecule has 0 aromatic heterocycles. The zero-order valence-corrected chi connectivity index (χ0v) is 13.2. The van der Waals surface area contributed by atoms with E-state index in [1.165, 1.54) is 32.4 Å². The molecule has 2 rings (SSSR count). The van der Waals surface area contributed by atoms with Crippen molar-refractivity contribution in [3.63, 3.8) is 0 Å². The van der Waals surface area contributed by atoms with Gasteiger partial charge in [0.05, 0.1) is 6.04 Å². The zero-order chi connectivity index (χ0) is 14.4. The van der Waals surface area contributed by atoms with Crippen LogP contribution in [0.2, 0.25) is 0 Å². The maximum Gasteiger partial charge on any atom is 0.237 e. The fourth-order valence-corrected chi connectivity index (χ4v) is 3.31. The van der Waals surface area contributed by atoms with Gasteiger partial charge in [0.15, 0.2) is 0 Å². The van der Waals surface area contributed by atoms with E-state index in [-0.39, 0.29) is 11.9 Å². The van der Waals surface area contributed by atoms with Gasteiger partial charge in [0, 0.05) is 6.54 Å². The van der Waals surface area contributed by atoms with E-state index in [9.17, 15) is 4.79 Å². The highest BCUT2D eigenvalue weighted by molar-refractivity contribution is 5.82. The summed E-state index contributed by atoms with van der Waals surface area (Å²) in [6.07, 6.45) is 6.09. The van der Waals surface area contributed by atoms with E-state index in [4.69, 9.17) is 0 Å². The monoisotopic (exact) mass is 281 g/mol. The van der Waals surface area contributed by atoms with Crippen LogP contribution in [0.25, 0.3) is 0 Å². The second-order valence-corrected chi connectivity index (χ2v) is 6.72. The van der Waals surface area contributed by atoms with Crippen LogP contribution in [-0.4, -0.2) is 49.6 Å². The van der Waals surface area contributed by atoms with Gasteiger partial charge in [-0.25, -0.2) is 0 Å². The normalized spacial score (nSPS) is 29.3. The Labute approximate surface area is 123 Å². The number of nitrogens with zero attached hydrogens (tertiary/aromatic N) is 1. The average molecular weight is 281 g/mol. The average Bonchev–Trinajstić information content (AvgIpc) is 2.46. The smallest absolute Gasteiger partial charge is 0.237 e. The summed E-state index contributed by atoms with van der Waals surface area (Å²) in [5.41, 5.74) is 0. The molecule has 0 aromatic carbocycles. The first-order valence-corrected chi connectivity index (χ1v) is 8.40. The fourth-order valence-electron chi connectivity index (χ4n) is 3.31. The van der Waals surface area contributed by atoms with Crippen molar-refractivity contribution >= 4 is 5.91 Å². The summed E-state index contributed by atoms with van der Waals surface area (Å²) in [4.78, 5) is 14.7. The lowest BCUT2D eigenvalue weighted by molar-refractivity contribution is -0.124. The lowest BCUT2D eigenvalue weighted by Crippen LogP contribution is -2.51. The predicted octanol–water partition coefficient (Wildman–Crippen LogP) is 1.61. The fraction of sp³-hybridized carbons (Fsp3) is 0.938. The van der Waals surface area contributed by atoms with Crippen molar-refractivity contribution in [3.8, 4) is 0 Å². The van der Waals surface area contributed by atoms with Crippen molar-refractivity contribution < 1.29 is 4.79 Å². The van der Waals surface area contributed by atoms with Crippen LogP contribution >= 0.6 is 0 Å². The maximum atomic E-state index is 12.1. The molecule has 0 radical (unpaired) electrons. The molecule has 2 N–H and O–H groups in total. The van der Waals surface area contributed by atoms with Gasteiger partial charge < -0.3 is 15.5 Å². The van der Waals surface area contributed by atoms with Crippen LogP contribution in [-0.2, 0) is 4.79 Å². The molecule has 2 saturated heterocycles. The molecule has 2 atom stereocenters. The van der Waals surface area contributed by atoms with Crippen molar-refractivity contribution in [2.24, 2.45) is 11.8 Å². The highest BCUT2D eigenvalue weighted by atomic mass is 16.2. The van der Waals surface area contributed by atoms with E-state index in [0.29, 0.717) is 5.92 Å². The third kappa shape index (κ3) is 4.74. The van der Waals surface area contributed by atoms with Crippen LogP contribution in [0, 0.1) is 11.8 Å². The molecule has 2 aliphatic heterocycles. The van der Waals surface area contributed by atoms with E-state index in [1.807, 2.05) is 0 Å². The van der Waals surface area contributed by atoms with Crippen LogP contribution in [0.5, 0.6) is 0 Å². The lowest BCUT2D eigenvalue weighted by atomic mass is 9.92. The van der Waals surface area contributed by atoms with Crippen LogP contribution in [0.4, 0.5) is 0 Å². The highest BCUT2D eigenvalue weighted by Gasteiger charge is 2.26. The molecule has 0 aliphatic carbocycles. The Morgan fingerprint density at radius 2 is 2.00 bits per heavy atom. The van der Waals surface area contributed by atoms with Gasteiger partial charge in [0.25, 0.3) is 0 Å². The molecule has 1 amide bonds. The summed E-state index contributed by atoms with van der Waals surface area (Å²) < 4.78 is 0.